The maximum Gasteiger partial charge on any atom is 0.215 e. The number of carbonyl (C=O) groups excluding carboxylic acids is 2. The molecule has 0 atom stereocenters. The molecule has 1 N–H and O–H groups in total. The lowest BCUT2D eigenvalue weighted by Crippen LogP contribution is -2.30. The van der Waals surface area contributed by atoms with Gasteiger partial charge in [-0.2, -0.15) is 12.6 Å². The second-order valence-electron chi connectivity index (χ2n) is 2.08. The number of thiol groups is 1. The quantitative estimate of drug-likeness (QED) is 0.436. The minimum absolute atomic E-state index is 0.293. The van der Waals surface area contributed by atoms with Gasteiger partial charge < -0.3 is 10.2 Å². The zero-order valence-corrected chi connectivity index (χ0v) is 7.59. The highest BCUT2D eigenvalue weighted by molar-refractivity contribution is 7.80. The van der Waals surface area contributed by atoms with E-state index in [4.69, 9.17) is 0 Å². The summed E-state index contributed by atoms with van der Waals surface area (Å²) in [4.78, 5) is 21.7. The Hall–Kier alpha value is -0.970. The van der Waals surface area contributed by atoms with Gasteiger partial charge in [-0.25, -0.2) is 0 Å². The monoisotopic (exact) mass is 188 g/mol. The molecule has 4 nitrogen and oxygen atoms in total. The topological polar surface area (TPSA) is 49.4 Å². The first-order valence-electron chi connectivity index (χ1n) is 3.48. The van der Waals surface area contributed by atoms with Crippen molar-refractivity contribution in [3.05, 3.63) is 12.4 Å². The van der Waals surface area contributed by atoms with E-state index in [9.17, 15) is 9.59 Å². The fourth-order valence-electron chi connectivity index (χ4n) is 0.643. The Morgan fingerprint density at radius 1 is 1.58 bits per heavy atom. The van der Waals surface area contributed by atoms with Crippen molar-refractivity contribution in [2.24, 2.45) is 0 Å². The van der Waals surface area contributed by atoms with E-state index >= 15 is 0 Å². The van der Waals surface area contributed by atoms with Gasteiger partial charge in [-0.05, 0) is 12.2 Å². The van der Waals surface area contributed by atoms with Crippen LogP contribution < -0.4 is 5.32 Å². The van der Waals surface area contributed by atoms with Crippen molar-refractivity contribution in [1.82, 2.24) is 10.2 Å². The van der Waals surface area contributed by atoms with Gasteiger partial charge in [0.25, 0.3) is 0 Å². The van der Waals surface area contributed by atoms with Crippen LogP contribution >= 0.6 is 12.6 Å². The third-order valence-corrected chi connectivity index (χ3v) is 1.57. The highest BCUT2D eigenvalue weighted by Gasteiger charge is 2.03. The maximum absolute atomic E-state index is 10.4. The molecule has 0 rings (SSSR count). The Labute approximate surface area is 77.0 Å². The average molecular weight is 188 g/mol. The molecule has 0 unspecified atom stereocenters. The van der Waals surface area contributed by atoms with Gasteiger partial charge in [-0.15, -0.1) is 0 Å². The average Bonchev–Trinajstić information content (AvgIpc) is 2.06. The Morgan fingerprint density at radius 3 is 2.67 bits per heavy atom. The molecule has 0 aliphatic heterocycles. The second kappa shape index (κ2) is 6.72. The lowest BCUT2D eigenvalue weighted by atomic mass is 10.4. The van der Waals surface area contributed by atoms with E-state index in [1.165, 1.54) is 4.90 Å². The van der Waals surface area contributed by atoms with Gasteiger partial charge in [0.1, 0.15) is 5.82 Å². The van der Waals surface area contributed by atoms with Gasteiger partial charge in [0.2, 0.25) is 12.8 Å². The fraction of sp³-hybridized carbons (Fsp3) is 0.429. The van der Waals surface area contributed by atoms with E-state index in [2.05, 4.69) is 24.5 Å². The van der Waals surface area contributed by atoms with Crippen molar-refractivity contribution >= 4 is 25.4 Å². The first kappa shape index (κ1) is 11.0. The van der Waals surface area contributed by atoms with Crippen LogP contribution in [0.25, 0.3) is 0 Å². The highest BCUT2D eigenvalue weighted by atomic mass is 32.1. The van der Waals surface area contributed by atoms with E-state index in [-0.39, 0.29) is 0 Å². The number of hydrogen-bond donors (Lipinski definition) is 2. The van der Waals surface area contributed by atoms with Crippen LogP contribution in [0, 0.1) is 0 Å². The van der Waals surface area contributed by atoms with E-state index in [0.29, 0.717) is 30.9 Å². The van der Waals surface area contributed by atoms with E-state index < -0.39 is 0 Å². The third kappa shape index (κ3) is 4.02. The smallest absolute Gasteiger partial charge is 0.215 e. The number of rotatable bonds is 7. The van der Waals surface area contributed by atoms with Crippen LogP contribution in [-0.4, -0.2) is 30.0 Å². The maximum atomic E-state index is 10.4. The fourth-order valence-corrected chi connectivity index (χ4v) is 0.785. The Kier molecular flexibility index (Phi) is 6.18. The molecule has 2 amide bonds. The summed E-state index contributed by atoms with van der Waals surface area (Å²) in [6, 6.07) is 0. The van der Waals surface area contributed by atoms with E-state index in [1.54, 1.807) is 0 Å². The standard InChI is InChI=1S/C7H12N2O2S/c1-7(8-5-10)9(6-11)3-2-4-12/h5-6,12H,1-4H2,(H,8,10). The largest absolute Gasteiger partial charge is 0.315 e. The number of amides is 2. The summed E-state index contributed by atoms with van der Waals surface area (Å²) in [5, 5.41) is 2.30. The molecule has 0 fully saturated rings. The molecule has 0 aromatic heterocycles. The first-order valence-corrected chi connectivity index (χ1v) is 4.11. The van der Waals surface area contributed by atoms with Crippen LogP contribution in [0.3, 0.4) is 0 Å². The molecule has 0 saturated heterocycles. The van der Waals surface area contributed by atoms with E-state index in [1.807, 2.05) is 0 Å². The summed E-state index contributed by atoms with van der Waals surface area (Å²) in [6.45, 7) is 4.02. The number of nitrogens with zero attached hydrogens (tertiary/aromatic N) is 1. The van der Waals surface area contributed by atoms with Gasteiger partial charge in [0, 0.05) is 6.54 Å². The zero-order chi connectivity index (χ0) is 9.40. The molecule has 0 bridgehead atoms. The summed E-state index contributed by atoms with van der Waals surface area (Å²) in [5.41, 5.74) is 0. The van der Waals surface area contributed by atoms with Gasteiger partial charge in [0.05, 0.1) is 0 Å². The Morgan fingerprint density at radius 2 is 2.25 bits per heavy atom. The van der Waals surface area contributed by atoms with Crippen LogP contribution in [-0.2, 0) is 9.59 Å². The van der Waals surface area contributed by atoms with Gasteiger partial charge >= 0.3 is 0 Å². The van der Waals surface area contributed by atoms with Crippen LogP contribution in [0.5, 0.6) is 0 Å². The second-order valence-corrected chi connectivity index (χ2v) is 2.53. The molecule has 0 aromatic rings. The van der Waals surface area contributed by atoms with Crippen LogP contribution in [0.15, 0.2) is 12.4 Å². The molecule has 0 aliphatic rings. The molecule has 0 saturated carbocycles. The lowest BCUT2D eigenvalue weighted by Gasteiger charge is -2.17. The molecular weight excluding hydrogens is 176 g/mol. The summed E-state index contributed by atoms with van der Waals surface area (Å²) >= 11 is 3.99. The lowest BCUT2D eigenvalue weighted by molar-refractivity contribution is -0.117. The predicted molar refractivity (Wildman–Crippen MR) is 49.6 cm³/mol. The minimum atomic E-state index is 0.293. The van der Waals surface area contributed by atoms with Crippen LogP contribution in [0.2, 0.25) is 0 Å². The zero-order valence-electron chi connectivity index (χ0n) is 6.69. The predicted octanol–water partition coefficient (Wildman–Crippen LogP) is -0.0181. The molecule has 0 radical (unpaired) electrons. The number of carbonyl (C=O) groups is 2. The third-order valence-electron chi connectivity index (χ3n) is 1.26. The molecule has 68 valence electrons. The van der Waals surface area contributed by atoms with Crippen molar-refractivity contribution in [2.45, 2.75) is 6.42 Å². The van der Waals surface area contributed by atoms with Crippen molar-refractivity contribution in [3.63, 3.8) is 0 Å². The molecule has 0 aromatic carbocycles. The van der Waals surface area contributed by atoms with E-state index in [0.717, 1.165) is 6.42 Å². The van der Waals surface area contributed by atoms with Crippen LogP contribution in [0.4, 0.5) is 0 Å². The molecule has 5 heteroatoms. The summed E-state index contributed by atoms with van der Waals surface area (Å²) < 4.78 is 0. The molecule has 12 heavy (non-hydrogen) atoms. The molecule has 0 aliphatic carbocycles. The summed E-state index contributed by atoms with van der Waals surface area (Å²) in [7, 11) is 0. The highest BCUT2D eigenvalue weighted by Crippen LogP contribution is 1.96. The number of hydrogen-bond acceptors (Lipinski definition) is 3. The SMILES string of the molecule is C=C(NC=O)N(C=O)CCCS. The minimum Gasteiger partial charge on any atom is -0.315 e. The molecule has 0 heterocycles. The van der Waals surface area contributed by atoms with Crippen LogP contribution in [0.1, 0.15) is 6.42 Å². The number of nitrogens with one attached hydrogen (secondary N) is 1. The van der Waals surface area contributed by atoms with Crippen molar-refractivity contribution in [2.75, 3.05) is 12.3 Å². The van der Waals surface area contributed by atoms with Gasteiger partial charge in [-0.3, -0.25) is 9.59 Å². The Bertz CT molecular complexity index is 173. The Balaban J connectivity index is 3.86. The normalized spacial score (nSPS) is 8.75. The van der Waals surface area contributed by atoms with Crippen molar-refractivity contribution in [1.29, 1.82) is 0 Å². The first-order chi connectivity index (χ1) is 5.76. The van der Waals surface area contributed by atoms with Crippen molar-refractivity contribution < 1.29 is 9.59 Å². The summed E-state index contributed by atoms with van der Waals surface area (Å²) in [6.07, 6.45) is 1.88. The van der Waals surface area contributed by atoms with Gasteiger partial charge in [-0.1, -0.05) is 6.58 Å². The van der Waals surface area contributed by atoms with Gasteiger partial charge in [0.15, 0.2) is 0 Å². The summed E-state index contributed by atoms with van der Waals surface area (Å²) in [5.74, 6) is 0.986. The van der Waals surface area contributed by atoms with Crippen molar-refractivity contribution in [3.8, 4) is 0 Å². The molecular formula is C7H12N2O2S. The molecule has 0 spiro atoms.